The molecule has 10 heteroatoms. The summed E-state index contributed by atoms with van der Waals surface area (Å²) in [5.74, 6) is -3.48. The van der Waals surface area contributed by atoms with Crippen LogP contribution in [0.1, 0.15) is 16.8 Å². The molecular weight excluding hydrogens is 306 g/mol. The molecule has 0 aromatic heterocycles. The zero-order valence-electron chi connectivity index (χ0n) is 10.4. The number of hydrogen-bond donors (Lipinski definition) is 3. The first-order chi connectivity index (χ1) is 9.72. The van der Waals surface area contributed by atoms with Crippen molar-refractivity contribution in [3.05, 3.63) is 38.9 Å². The largest absolute Gasteiger partial charge is 0.480 e. The smallest absolute Gasteiger partial charge is 0.326 e. The standard InChI is InChI=1S/C11H10ClN3O6/c12-5-1-2-8(15(20)21)6(3-5)10(17)14-7(11(18)19)4-9(13)16/h1-3,7H,4H2,(H2,13,16)(H,14,17)(H,18,19). The van der Waals surface area contributed by atoms with E-state index >= 15 is 0 Å². The van der Waals surface area contributed by atoms with E-state index in [0.717, 1.165) is 12.1 Å². The maximum Gasteiger partial charge on any atom is 0.326 e. The average molecular weight is 316 g/mol. The zero-order chi connectivity index (χ0) is 16.2. The number of amides is 2. The Morgan fingerprint density at radius 2 is 2.05 bits per heavy atom. The number of benzene rings is 1. The monoisotopic (exact) mass is 315 g/mol. The van der Waals surface area contributed by atoms with Crippen LogP contribution in [0.4, 0.5) is 5.69 Å². The van der Waals surface area contributed by atoms with Gasteiger partial charge in [-0.3, -0.25) is 19.7 Å². The summed E-state index contributed by atoms with van der Waals surface area (Å²) in [6, 6.07) is 1.67. The molecule has 0 aliphatic heterocycles. The number of aliphatic carboxylic acids is 1. The van der Waals surface area contributed by atoms with Crippen molar-refractivity contribution < 1.29 is 24.4 Å². The Hall–Kier alpha value is -2.68. The Balaban J connectivity index is 3.07. The van der Waals surface area contributed by atoms with Crippen LogP contribution in [0.5, 0.6) is 0 Å². The van der Waals surface area contributed by atoms with Crippen LogP contribution in [0.25, 0.3) is 0 Å². The Morgan fingerprint density at radius 3 is 2.52 bits per heavy atom. The fourth-order valence-corrected chi connectivity index (χ4v) is 1.66. The van der Waals surface area contributed by atoms with Gasteiger partial charge in [-0.2, -0.15) is 0 Å². The molecule has 21 heavy (non-hydrogen) atoms. The van der Waals surface area contributed by atoms with Gasteiger partial charge in [-0.1, -0.05) is 11.6 Å². The van der Waals surface area contributed by atoms with Crippen molar-refractivity contribution in [2.45, 2.75) is 12.5 Å². The highest BCUT2D eigenvalue weighted by atomic mass is 35.5. The minimum atomic E-state index is -1.59. The number of nitro groups is 1. The Labute approximate surface area is 122 Å². The Bertz CT molecular complexity index is 618. The fraction of sp³-hybridized carbons (Fsp3) is 0.182. The first-order valence-corrected chi connectivity index (χ1v) is 5.86. The highest BCUT2D eigenvalue weighted by molar-refractivity contribution is 6.31. The van der Waals surface area contributed by atoms with Crippen LogP contribution in [0, 0.1) is 10.1 Å². The summed E-state index contributed by atoms with van der Waals surface area (Å²) in [5.41, 5.74) is 3.91. The second-order valence-corrected chi connectivity index (χ2v) is 4.39. The van der Waals surface area contributed by atoms with E-state index in [4.69, 9.17) is 22.4 Å². The predicted molar refractivity (Wildman–Crippen MR) is 70.8 cm³/mol. The summed E-state index contributed by atoms with van der Waals surface area (Å²) < 4.78 is 0. The van der Waals surface area contributed by atoms with Gasteiger partial charge in [0, 0.05) is 11.1 Å². The van der Waals surface area contributed by atoms with Crippen LogP contribution >= 0.6 is 11.6 Å². The van der Waals surface area contributed by atoms with Gasteiger partial charge in [0.2, 0.25) is 5.91 Å². The lowest BCUT2D eigenvalue weighted by Crippen LogP contribution is -2.43. The lowest BCUT2D eigenvalue weighted by Gasteiger charge is -2.13. The number of hydrogen-bond acceptors (Lipinski definition) is 5. The predicted octanol–water partition coefficient (Wildman–Crippen LogP) is 0.307. The van der Waals surface area contributed by atoms with Gasteiger partial charge in [-0.25, -0.2) is 4.79 Å². The maximum absolute atomic E-state index is 11.9. The van der Waals surface area contributed by atoms with Crippen molar-refractivity contribution in [1.29, 1.82) is 0 Å². The number of carbonyl (C=O) groups excluding carboxylic acids is 2. The van der Waals surface area contributed by atoms with Crippen molar-refractivity contribution in [2.24, 2.45) is 5.73 Å². The summed E-state index contributed by atoms with van der Waals surface area (Å²) in [6.07, 6.45) is -0.643. The molecule has 0 bridgehead atoms. The molecule has 0 radical (unpaired) electrons. The van der Waals surface area contributed by atoms with Crippen molar-refractivity contribution in [3.8, 4) is 0 Å². The number of primary amides is 1. The quantitative estimate of drug-likeness (QED) is 0.507. The second-order valence-electron chi connectivity index (χ2n) is 3.95. The Morgan fingerprint density at radius 1 is 1.43 bits per heavy atom. The molecule has 0 aliphatic rings. The summed E-state index contributed by atoms with van der Waals surface area (Å²) in [4.78, 5) is 43.6. The number of nitrogens with zero attached hydrogens (tertiary/aromatic N) is 1. The van der Waals surface area contributed by atoms with Crippen molar-refractivity contribution in [1.82, 2.24) is 5.32 Å². The molecule has 0 saturated heterocycles. The number of halogens is 1. The lowest BCUT2D eigenvalue weighted by molar-refractivity contribution is -0.385. The normalized spacial score (nSPS) is 11.5. The van der Waals surface area contributed by atoms with Crippen molar-refractivity contribution >= 4 is 35.1 Å². The van der Waals surface area contributed by atoms with E-state index in [2.05, 4.69) is 0 Å². The zero-order valence-corrected chi connectivity index (χ0v) is 11.2. The maximum atomic E-state index is 11.9. The summed E-state index contributed by atoms with van der Waals surface area (Å²) >= 11 is 5.66. The van der Waals surface area contributed by atoms with Crippen molar-refractivity contribution in [3.63, 3.8) is 0 Å². The number of nitro benzene ring substituents is 1. The minimum Gasteiger partial charge on any atom is -0.480 e. The molecule has 0 spiro atoms. The summed E-state index contributed by atoms with van der Waals surface area (Å²) in [6.45, 7) is 0. The van der Waals surface area contributed by atoms with Crippen LogP contribution in [-0.4, -0.2) is 33.9 Å². The molecule has 1 unspecified atom stereocenters. The van der Waals surface area contributed by atoms with E-state index in [1.54, 1.807) is 0 Å². The molecule has 2 amide bonds. The molecule has 9 nitrogen and oxygen atoms in total. The van der Waals surface area contributed by atoms with Gasteiger partial charge >= 0.3 is 5.97 Å². The highest BCUT2D eigenvalue weighted by Gasteiger charge is 2.26. The minimum absolute atomic E-state index is 0.0625. The first-order valence-electron chi connectivity index (χ1n) is 5.48. The number of carbonyl (C=O) groups is 3. The SMILES string of the molecule is NC(=O)CC(NC(=O)c1cc(Cl)ccc1[N+](=O)[O-])C(=O)O. The topological polar surface area (TPSA) is 153 Å². The van der Waals surface area contributed by atoms with E-state index in [0.29, 0.717) is 0 Å². The number of nitrogens with two attached hydrogens (primary N) is 1. The molecule has 0 heterocycles. The van der Waals surface area contributed by atoms with E-state index < -0.39 is 46.4 Å². The molecule has 0 saturated carbocycles. The third kappa shape index (κ3) is 4.42. The highest BCUT2D eigenvalue weighted by Crippen LogP contribution is 2.22. The average Bonchev–Trinajstić information content (AvgIpc) is 2.36. The first kappa shape index (κ1) is 16.4. The number of carboxylic acid groups (broad SMARTS) is 1. The molecule has 0 fully saturated rings. The summed E-state index contributed by atoms with van der Waals surface area (Å²) in [7, 11) is 0. The number of nitrogens with one attached hydrogen (secondary N) is 1. The molecule has 1 rings (SSSR count). The molecule has 1 aromatic carbocycles. The van der Waals surface area contributed by atoms with Gasteiger partial charge in [0.05, 0.1) is 11.3 Å². The number of carboxylic acids is 1. The third-order valence-electron chi connectivity index (χ3n) is 2.41. The molecule has 0 aliphatic carbocycles. The molecule has 112 valence electrons. The van der Waals surface area contributed by atoms with Gasteiger partial charge in [0.15, 0.2) is 0 Å². The molecule has 1 aromatic rings. The molecule has 1 atom stereocenters. The van der Waals surface area contributed by atoms with E-state index in [1.807, 2.05) is 5.32 Å². The molecular formula is C11H10ClN3O6. The van der Waals surface area contributed by atoms with Crippen LogP contribution in [0.15, 0.2) is 18.2 Å². The van der Waals surface area contributed by atoms with E-state index in [9.17, 15) is 24.5 Å². The van der Waals surface area contributed by atoms with Gasteiger partial charge in [0.25, 0.3) is 11.6 Å². The molecule has 4 N–H and O–H groups in total. The lowest BCUT2D eigenvalue weighted by atomic mass is 10.1. The number of rotatable bonds is 6. The van der Waals surface area contributed by atoms with Crippen LogP contribution < -0.4 is 11.1 Å². The Kier molecular flexibility index (Phi) is 5.19. The van der Waals surface area contributed by atoms with Crippen LogP contribution in [0.2, 0.25) is 5.02 Å². The van der Waals surface area contributed by atoms with E-state index in [1.165, 1.54) is 6.07 Å². The second kappa shape index (κ2) is 6.66. The summed E-state index contributed by atoms with van der Waals surface area (Å²) in [5, 5.41) is 21.7. The van der Waals surface area contributed by atoms with E-state index in [-0.39, 0.29) is 5.02 Å². The van der Waals surface area contributed by atoms with Crippen molar-refractivity contribution in [2.75, 3.05) is 0 Å². The fourth-order valence-electron chi connectivity index (χ4n) is 1.49. The van der Waals surface area contributed by atoms with Gasteiger partial charge < -0.3 is 16.2 Å². The van der Waals surface area contributed by atoms with Crippen LogP contribution in [0.3, 0.4) is 0 Å². The van der Waals surface area contributed by atoms with Gasteiger partial charge in [-0.05, 0) is 12.1 Å². The van der Waals surface area contributed by atoms with Crippen LogP contribution in [-0.2, 0) is 9.59 Å². The van der Waals surface area contributed by atoms with Gasteiger partial charge in [0.1, 0.15) is 11.6 Å². The van der Waals surface area contributed by atoms with Gasteiger partial charge in [-0.15, -0.1) is 0 Å². The third-order valence-corrected chi connectivity index (χ3v) is 2.64.